The van der Waals surface area contributed by atoms with E-state index in [0.717, 1.165) is 11.4 Å². The first kappa shape index (κ1) is 20.7. The van der Waals surface area contributed by atoms with Gasteiger partial charge < -0.3 is 0 Å². The summed E-state index contributed by atoms with van der Waals surface area (Å²) in [5.74, 6) is -0.502. The molecular formula is C22H25N3O4S. The molecule has 0 bridgehead atoms. The van der Waals surface area contributed by atoms with Gasteiger partial charge in [-0.25, -0.2) is 8.42 Å². The third-order valence-electron chi connectivity index (χ3n) is 5.74. The van der Waals surface area contributed by atoms with Crippen LogP contribution >= 0.6 is 0 Å². The maximum absolute atomic E-state index is 13.1. The summed E-state index contributed by atoms with van der Waals surface area (Å²) in [4.78, 5) is 27.4. The van der Waals surface area contributed by atoms with Crippen LogP contribution in [0, 0.1) is 0 Å². The van der Waals surface area contributed by atoms with Crippen LogP contribution in [-0.2, 0) is 26.2 Å². The van der Waals surface area contributed by atoms with E-state index in [1.54, 1.807) is 0 Å². The normalized spacial score (nSPS) is 21.4. The van der Waals surface area contributed by atoms with E-state index in [9.17, 15) is 18.0 Å². The highest BCUT2D eigenvalue weighted by Crippen LogP contribution is 2.26. The standard InChI is InChI=1S/C22H25N3O4S/c1-17-15-24(14-13-23(17)16-18-5-3-2-4-6-18)30(28,29)20-9-7-19(8-10-20)25-21(26)11-12-22(25)27/h2-10,17H,11-16H2,1H3. The minimum Gasteiger partial charge on any atom is -0.294 e. The summed E-state index contributed by atoms with van der Waals surface area (Å²) in [7, 11) is -3.64. The van der Waals surface area contributed by atoms with Crippen LogP contribution in [0.3, 0.4) is 0 Å². The molecule has 0 aliphatic carbocycles. The summed E-state index contributed by atoms with van der Waals surface area (Å²) in [6, 6.07) is 16.3. The van der Waals surface area contributed by atoms with E-state index in [2.05, 4.69) is 17.0 Å². The van der Waals surface area contributed by atoms with Crippen molar-refractivity contribution in [1.29, 1.82) is 0 Å². The van der Waals surface area contributed by atoms with Crippen molar-refractivity contribution in [2.45, 2.75) is 37.2 Å². The molecule has 2 aliphatic heterocycles. The van der Waals surface area contributed by atoms with Crippen LogP contribution in [0.4, 0.5) is 5.69 Å². The third-order valence-corrected chi connectivity index (χ3v) is 7.62. The lowest BCUT2D eigenvalue weighted by Crippen LogP contribution is -2.53. The molecule has 2 amide bonds. The number of hydrogen-bond donors (Lipinski definition) is 0. The zero-order valence-electron chi connectivity index (χ0n) is 16.9. The first-order chi connectivity index (χ1) is 14.4. The monoisotopic (exact) mass is 427 g/mol. The van der Waals surface area contributed by atoms with Crippen LogP contribution in [0.5, 0.6) is 0 Å². The number of carbonyl (C=O) groups excluding carboxylic acids is 2. The Morgan fingerprint density at radius 2 is 1.53 bits per heavy atom. The number of rotatable bonds is 5. The molecule has 4 rings (SSSR count). The molecule has 2 aromatic carbocycles. The predicted molar refractivity (Wildman–Crippen MR) is 113 cm³/mol. The lowest BCUT2D eigenvalue weighted by Gasteiger charge is -2.39. The number of benzene rings is 2. The van der Waals surface area contributed by atoms with E-state index in [1.165, 1.54) is 34.1 Å². The van der Waals surface area contributed by atoms with Crippen LogP contribution in [0.2, 0.25) is 0 Å². The summed E-state index contributed by atoms with van der Waals surface area (Å²) in [5.41, 5.74) is 1.63. The molecule has 2 heterocycles. The fourth-order valence-corrected chi connectivity index (χ4v) is 5.53. The number of imide groups is 1. The molecule has 7 nitrogen and oxygen atoms in total. The van der Waals surface area contributed by atoms with Crippen molar-refractivity contribution in [3.8, 4) is 0 Å². The SMILES string of the molecule is CC1CN(S(=O)(=O)c2ccc(N3C(=O)CCC3=O)cc2)CCN1Cc1ccccc1. The molecule has 2 aromatic rings. The van der Waals surface area contributed by atoms with Gasteiger partial charge in [0.1, 0.15) is 0 Å². The molecule has 0 radical (unpaired) electrons. The quantitative estimate of drug-likeness (QED) is 0.684. The van der Waals surface area contributed by atoms with Gasteiger partial charge in [0.05, 0.1) is 10.6 Å². The summed E-state index contributed by atoms with van der Waals surface area (Å²) >= 11 is 0. The fourth-order valence-electron chi connectivity index (χ4n) is 4.01. The van der Waals surface area contributed by atoms with E-state index in [1.807, 2.05) is 25.1 Å². The summed E-state index contributed by atoms with van der Waals surface area (Å²) in [5, 5.41) is 0. The number of amides is 2. The highest BCUT2D eigenvalue weighted by atomic mass is 32.2. The largest absolute Gasteiger partial charge is 0.294 e. The van der Waals surface area contributed by atoms with Gasteiger partial charge in [0, 0.05) is 45.1 Å². The van der Waals surface area contributed by atoms with Crippen LogP contribution in [0.1, 0.15) is 25.3 Å². The highest BCUT2D eigenvalue weighted by Gasteiger charge is 2.33. The summed E-state index contributed by atoms with van der Waals surface area (Å²) in [6.45, 7) is 4.33. The van der Waals surface area contributed by atoms with E-state index in [-0.39, 0.29) is 35.6 Å². The number of carbonyl (C=O) groups is 2. The van der Waals surface area contributed by atoms with E-state index >= 15 is 0 Å². The first-order valence-electron chi connectivity index (χ1n) is 10.1. The van der Waals surface area contributed by atoms with Crippen molar-refractivity contribution in [3.05, 3.63) is 60.2 Å². The average Bonchev–Trinajstić information content (AvgIpc) is 3.08. The lowest BCUT2D eigenvalue weighted by molar-refractivity contribution is -0.121. The molecule has 1 atom stereocenters. The second-order valence-electron chi connectivity index (χ2n) is 7.78. The molecule has 0 aromatic heterocycles. The van der Waals surface area contributed by atoms with Crippen LogP contribution < -0.4 is 4.90 Å². The zero-order valence-corrected chi connectivity index (χ0v) is 17.7. The molecule has 30 heavy (non-hydrogen) atoms. The number of anilines is 1. The zero-order chi connectivity index (χ0) is 21.3. The Labute approximate surface area is 176 Å². The van der Waals surface area contributed by atoms with Crippen LogP contribution in [0.15, 0.2) is 59.5 Å². The molecule has 0 spiro atoms. The van der Waals surface area contributed by atoms with Crippen molar-refractivity contribution < 1.29 is 18.0 Å². The van der Waals surface area contributed by atoms with Crippen molar-refractivity contribution in [2.75, 3.05) is 24.5 Å². The van der Waals surface area contributed by atoms with Gasteiger partial charge in [0.2, 0.25) is 21.8 Å². The Hall–Kier alpha value is -2.55. The first-order valence-corrected chi connectivity index (χ1v) is 11.5. The molecule has 0 N–H and O–H groups in total. The van der Waals surface area contributed by atoms with Gasteiger partial charge in [-0.05, 0) is 36.8 Å². The number of piperazine rings is 1. The second-order valence-corrected chi connectivity index (χ2v) is 9.72. The van der Waals surface area contributed by atoms with Gasteiger partial charge in [0.15, 0.2) is 0 Å². The van der Waals surface area contributed by atoms with Crippen molar-refractivity contribution >= 4 is 27.5 Å². The van der Waals surface area contributed by atoms with Crippen molar-refractivity contribution in [2.24, 2.45) is 0 Å². The Balaban J connectivity index is 1.45. The topological polar surface area (TPSA) is 78.0 Å². The Morgan fingerprint density at radius 1 is 0.900 bits per heavy atom. The molecule has 1 unspecified atom stereocenters. The maximum Gasteiger partial charge on any atom is 0.243 e. The van der Waals surface area contributed by atoms with Crippen LogP contribution in [-0.4, -0.2) is 55.1 Å². The van der Waals surface area contributed by atoms with Gasteiger partial charge in [-0.3, -0.25) is 19.4 Å². The smallest absolute Gasteiger partial charge is 0.243 e. The predicted octanol–water partition coefficient (Wildman–Crippen LogP) is 2.24. The summed E-state index contributed by atoms with van der Waals surface area (Å²) < 4.78 is 27.8. The number of sulfonamides is 1. The average molecular weight is 428 g/mol. The van der Waals surface area contributed by atoms with Crippen molar-refractivity contribution in [3.63, 3.8) is 0 Å². The van der Waals surface area contributed by atoms with E-state index in [4.69, 9.17) is 0 Å². The fraction of sp³-hybridized carbons (Fsp3) is 0.364. The minimum atomic E-state index is -3.64. The molecule has 8 heteroatoms. The highest BCUT2D eigenvalue weighted by molar-refractivity contribution is 7.89. The molecule has 2 fully saturated rings. The maximum atomic E-state index is 13.1. The third kappa shape index (κ3) is 4.03. The Bertz CT molecular complexity index is 1020. The van der Waals surface area contributed by atoms with Gasteiger partial charge >= 0.3 is 0 Å². The molecule has 0 saturated carbocycles. The van der Waals surface area contributed by atoms with Crippen LogP contribution in [0.25, 0.3) is 0 Å². The summed E-state index contributed by atoms with van der Waals surface area (Å²) in [6.07, 6.45) is 0.397. The van der Waals surface area contributed by atoms with Gasteiger partial charge in [-0.2, -0.15) is 4.31 Å². The van der Waals surface area contributed by atoms with Gasteiger partial charge in [-0.1, -0.05) is 30.3 Å². The molecule has 2 saturated heterocycles. The molecule has 158 valence electrons. The van der Waals surface area contributed by atoms with Gasteiger partial charge in [-0.15, -0.1) is 0 Å². The lowest BCUT2D eigenvalue weighted by atomic mass is 10.1. The van der Waals surface area contributed by atoms with E-state index in [0.29, 0.717) is 25.3 Å². The Kier molecular flexibility index (Phi) is 5.73. The number of hydrogen-bond acceptors (Lipinski definition) is 5. The molecule has 2 aliphatic rings. The number of nitrogens with zero attached hydrogens (tertiary/aromatic N) is 3. The molecular weight excluding hydrogens is 402 g/mol. The van der Waals surface area contributed by atoms with Crippen molar-refractivity contribution in [1.82, 2.24) is 9.21 Å². The van der Waals surface area contributed by atoms with E-state index < -0.39 is 10.0 Å². The van der Waals surface area contributed by atoms with Gasteiger partial charge in [0.25, 0.3) is 0 Å². The second kappa shape index (κ2) is 8.29. The minimum absolute atomic E-state index is 0.0906. The Morgan fingerprint density at radius 3 is 2.13 bits per heavy atom.